The minimum absolute atomic E-state index is 0.0348. The van der Waals surface area contributed by atoms with Crippen molar-refractivity contribution < 1.29 is 23.1 Å². The quantitative estimate of drug-likeness (QED) is 0.697. The van der Waals surface area contributed by atoms with Crippen molar-refractivity contribution in [1.29, 1.82) is 0 Å². The number of amides is 1. The highest BCUT2D eigenvalue weighted by atomic mass is 32.2. The summed E-state index contributed by atoms with van der Waals surface area (Å²) >= 11 is 0. The number of sulfonamides is 1. The van der Waals surface area contributed by atoms with Crippen LogP contribution in [0.25, 0.3) is 0 Å². The van der Waals surface area contributed by atoms with E-state index in [0.717, 1.165) is 6.42 Å². The number of benzene rings is 1. The number of carbonyl (C=O) groups is 2. The monoisotopic (exact) mass is 312 g/mol. The van der Waals surface area contributed by atoms with Gasteiger partial charge in [-0.25, -0.2) is 13.1 Å². The first-order valence-corrected chi connectivity index (χ1v) is 7.88. The number of nitrogens with two attached hydrogens (primary N) is 1. The van der Waals surface area contributed by atoms with Crippen LogP contribution in [-0.4, -0.2) is 31.9 Å². The lowest BCUT2D eigenvalue weighted by Gasteiger charge is -2.37. The van der Waals surface area contributed by atoms with Crippen LogP contribution in [0.1, 0.15) is 29.6 Å². The van der Waals surface area contributed by atoms with E-state index < -0.39 is 27.3 Å². The van der Waals surface area contributed by atoms with Crippen molar-refractivity contribution in [1.82, 2.24) is 4.72 Å². The lowest BCUT2D eigenvalue weighted by Crippen LogP contribution is -2.47. The van der Waals surface area contributed by atoms with Crippen molar-refractivity contribution in [3.8, 4) is 0 Å². The van der Waals surface area contributed by atoms with E-state index in [0.29, 0.717) is 12.8 Å². The Labute approximate surface area is 122 Å². The van der Waals surface area contributed by atoms with E-state index in [4.69, 9.17) is 10.8 Å². The molecule has 0 heterocycles. The minimum atomic E-state index is -3.81. The van der Waals surface area contributed by atoms with Crippen LogP contribution in [0, 0.1) is 5.41 Å². The second-order valence-corrected chi connectivity index (χ2v) is 6.92. The third-order valence-electron chi connectivity index (χ3n) is 3.81. The van der Waals surface area contributed by atoms with Crippen molar-refractivity contribution in [2.24, 2.45) is 11.1 Å². The summed E-state index contributed by atoms with van der Waals surface area (Å²) < 4.78 is 26.5. The summed E-state index contributed by atoms with van der Waals surface area (Å²) in [6.07, 6.45) is 1.71. The Kier molecular flexibility index (Phi) is 4.02. The molecule has 1 aromatic rings. The van der Waals surface area contributed by atoms with Crippen molar-refractivity contribution >= 4 is 21.9 Å². The third kappa shape index (κ3) is 3.06. The lowest BCUT2D eigenvalue weighted by molar-refractivity contribution is -0.153. The summed E-state index contributed by atoms with van der Waals surface area (Å²) in [4.78, 5) is 22.1. The Bertz CT molecular complexity index is 662. The number of carboxylic acid groups (broad SMARTS) is 1. The molecule has 21 heavy (non-hydrogen) atoms. The molecule has 1 aliphatic carbocycles. The molecule has 7 nitrogen and oxygen atoms in total. The van der Waals surface area contributed by atoms with Gasteiger partial charge in [0, 0.05) is 12.1 Å². The number of hydrogen-bond donors (Lipinski definition) is 3. The molecule has 1 aliphatic rings. The molecule has 1 amide bonds. The fourth-order valence-corrected chi connectivity index (χ4v) is 3.31. The zero-order valence-electron chi connectivity index (χ0n) is 11.2. The van der Waals surface area contributed by atoms with Crippen LogP contribution in [-0.2, 0) is 14.8 Å². The van der Waals surface area contributed by atoms with Gasteiger partial charge in [0.05, 0.1) is 10.3 Å². The van der Waals surface area contributed by atoms with Gasteiger partial charge in [-0.15, -0.1) is 0 Å². The van der Waals surface area contributed by atoms with E-state index >= 15 is 0 Å². The molecule has 0 aliphatic heterocycles. The first-order chi connectivity index (χ1) is 9.77. The molecule has 8 heteroatoms. The molecule has 0 aromatic heterocycles. The van der Waals surface area contributed by atoms with Crippen LogP contribution in [0.3, 0.4) is 0 Å². The second kappa shape index (κ2) is 5.45. The summed E-state index contributed by atoms with van der Waals surface area (Å²) in [6, 6.07) is 5.15. The van der Waals surface area contributed by atoms with Gasteiger partial charge in [-0.2, -0.15) is 0 Å². The van der Waals surface area contributed by atoms with E-state index in [-0.39, 0.29) is 17.0 Å². The molecule has 0 unspecified atom stereocenters. The number of rotatable bonds is 6. The van der Waals surface area contributed by atoms with Gasteiger partial charge in [-0.3, -0.25) is 9.59 Å². The Morgan fingerprint density at radius 2 is 1.81 bits per heavy atom. The number of aliphatic carboxylic acids is 1. The molecule has 1 aromatic carbocycles. The molecule has 0 saturated heterocycles. The van der Waals surface area contributed by atoms with Crippen LogP contribution in [0.4, 0.5) is 0 Å². The number of primary amides is 1. The Morgan fingerprint density at radius 1 is 1.24 bits per heavy atom. The summed E-state index contributed by atoms with van der Waals surface area (Å²) in [6.45, 7) is -0.137. The molecule has 0 bridgehead atoms. The fraction of sp³-hybridized carbons (Fsp3) is 0.385. The largest absolute Gasteiger partial charge is 0.481 e. The Morgan fingerprint density at radius 3 is 2.19 bits per heavy atom. The molecule has 0 radical (unpaired) electrons. The van der Waals surface area contributed by atoms with Crippen LogP contribution in [0.5, 0.6) is 0 Å². The minimum Gasteiger partial charge on any atom is -0.481 e. The maximum absolute atomic E-state index is 12.1. The average Bonchev–Trinajstić information content (AvgIpc) is 2.37. The first-order valence-electron chi connectivity index (χ1n) is 6.40. The highest BCUT2D eigenvalue weighted by Gasteiger charge is 2.44. The molecule has 4 N–H and O–H groups in total. The van der Waals surface area contributed by atoms with Crippen molar-refractivity contribution in [2.75, 3.05) is 6.54 Å². The van der Waals surface area contributed by atoms with Gasteiger partial charge < -0.3 is 10.8 Å². The molecule has 1 saturated carbocycles. The van der Waals surface area contributed by atoms with E-state index in [1.54, 1.807) is 0 Å². The summed E-state index contributed by atoms with van der Waals surface area (Å²) in [7, 11) is -3.81. The van der Waals surface area contributed by atoms with Crippen molar-refractivity contribution in [3.05, 3.63) is 29.8 Å². The predicted molar refractivity (Wildman–Crippen MR) is 74.1 cm³/mol. The van der Waals surface area contributed by atoms with Gasteiger partial charge in [-0.1, -0.05) is 6.42 Å². The fourth-order valence-electron chi connectivity index (χ4n) is 2.18. The van der Waals surface area contributed by atoms with E-state index in [1.165, 1.54) is 24.3 Å². The number of hydrogen-bond acceptors (Lipinski definition) is 4. The number of carbonyl (C=O) groups excluding carboxylic acids is 1. The molecule has 0 atom stereocenters. The summed E-state index contributed by atoms with van der Waals surface area (Å²) in [5.74, 6) is -1.63. The average molecular weight is 312 g/mol. The van der Waals surface area contributed by atoms with Gasteiger partial charge >= 0.3 is 5.97 Å². The van der Waals surface area contributed by atoms with Crippen molar-refractivity contribution in [3.63, 3.8) is 0 Å². The van der Waals surface area contributed by atoms with Crippen LogP contribution < -0.4 is 10.5 Å². The maximum atomic E-state index is 12.1. The van der Waals surface area contributed by atoms with Crippen LogP contribution in [0.2, 0.25) is 0 Å². The first kappa shape index (κ1) is 15.5. The van der Waals surface area contributed by atoms with Gasteiger partial charge in [0.25, 0.3) is 0 Å². The molecular weight excluding hydrogens is 296 g/mol. The summed E-state index contributed by atoms with van der Waals surface area (Å²) in [5.41, 5.74) is 4.28. The topological polar surface area (TPSA) is 127 Å². The zero-order chi connectivity index (χ0) is 15.7. The zero-order valence-corrected chi connectivity index (χ0v) is 12.0. The van der Waals surface area contributed by atoms with Crippen LogP contribution >= 0.6 is 0 Å². The smallest absolute Gasteiger partial charge is 0.310 e. The van der Waals surface area contributed by atoms with E-state index in [2.05, 4.69) is 4.72 Å². The molecule has 1 fully saturated rings. The molecule has 0 spiro atoms. The number of nitrogens with one attached hydrogen (secondary N) is 1. The highest BCUT2D eigenvalue weighted by Crippen LogP contribution is 2.40. The Hall–Kier alpha value is -1.93. The molecule has 2 rings (SSSR count). The number of carboxylic acids is 1. The lowest BCUT2D eigenvalue weighted by atomic mass is 9.69. The van der Waals surface area contributed by atoms with Gasteiger partial charge in [0.1, 0.15) is 0 Å². The second-order valence-electron chi connectivity index (χ2n) is 5.15. The van der Waals surface area contributed by atoms with E-state index in [1.807, 2.05) is 0 Å². The summed E-state index contributed by atoms with van der Waals surface area (Å²) in [5, 5.41) is 9.16. The van der Waals surface area contributed by atoms with Crippen LogP contribution in [0.15, 0.2) is 29.2 Å². The molecular formula is C13H16N2O5S. The van der Waals surface area contributed by atoms with Gasteiger partial charge in [-0.05, 0) is 37.1 Å². The third-order valence-corrected chi connectivity index (χ3v) is 5.23. The van der Waals surface area contributed by atoms with Crippen molar-refractivity contribution in [2.45, 2.75) is 24.2 Å². The van der Waals surface area contributed by atoms with Gasteiger partial charge in [0.2, 0.25) is 15.9 Å². The Balaban J connectivity index is 2.11. The van der Waals surface area contributed by atoms with Gasteiger partial charge in [0.15, 0.2) is 0 Å². The normalized spacial score (nSPS) is 17.0. The standard InChI is InChI=1S/C13H16N2O5S/c14-11(16)9-2-4-10(5-3-9)21(19,20)15-8-13(12(17)18)6-1-7-13/h2-5,15H,1,6-8H2,(H2,14,16)(H,17,18). The predicted octanol–water partition coefficient (Wildman–Crippen LogP) is 0.319. The molecule has 114 valence electrons. The SMILES string of the molecule is NC(=O)c1ccc(S(=O)(=O)NCC2(C(=O)O)CCC2)cc1. The maximum Gasteiger partial charge on any atom is 0.310 e. The van der Waals surface area contributed by atoms with E-state index in [9.17, 15) is 18.0 Å². The highest BCUT2D eigenvalue weighted by molar-refractivity contribution is 7.89.